The summed E-state index contributed by atoms with van der Waals surface area (Å²) in [4.78, 5) is 15.9. The molecule has 1 aromatic carbocycles. The largest absolute Gasteiger partial charge is 0.334 e. The lowest BCUT2D eigenvalue weighted by Crippen LogP contribution is -2.38. The van der Waals surface area contributed by atoms with Crippen LogP contribution in [-0.4, -0.2) is 53.8 Å². The molecule has 1 fully saturated rings. The summed E-state index contributed by atoms with van der Waals surface area (Å²) in [6, 6.07) is 6.65. The van der Waals surface area contributed by atoms with Crippen LogP contribution in [0.4, 0.5) is 4.39 Å². The zero-order valence-corrected chi connectivity index (χ0v) is 16.9. The highest BCUT2D eigenvalue weighted by atomic mass is 19.1. The minimum absolute atomic E-state index is 0.0709. The first-order valence-corrected chi connectivity index (χ1v) is 10.3. The molecule has 0 saturated carbocycles. The summed E-state index contributed by atoms with van der Waals surface area (Å²) in [5, 5.41) is 16.2. The smallest absolute Gasteiger partial charge is 0.219 e. The van der Waals surface area contributed by atoms with Gasteiger partial charge in [0.1, 0.15) is 5.82 Å². The van der Waals surface area contributed by atoms with Crippen molar-refractivity contribution in [2.45, 2.75) is 45.4 Å². The highest BCUT2D eigenvalue weighted by Gasteiger charge is 2.33. The van der Waals surface area contributed by atoms with Gasteiger partial charge in [0, 0.05) is 37.7 Å². The number of benzene rings is 1. The molecule has 2 aliphatic rings. The summed E-state index contributed by atoms with van der Waals surface area (Å²) in [5.74, 6) is 1.66. The van der Waals surface area contributed by atoms with Crippen molar-refractivity contribution in [2.24, 2.45) is 0 Å². The maximum Gasteiger partial charge on any atom is 0.219 e. The molecule has 1 N–H and O–H groups in total. The molecular weight excluding hydrogens is 385 g/mol. The number of aromatic nitrogens is 5. The lowest BCUT2D eigenvalue weighted by atomic mass is 10.1. The molecule has 0 aliphatic carbocycles. The standard InChI is InChI=1S/C21H24FN7O/c1-14(30)27-9-10-29-19(13-27)24-26-21(29)18-3-2-8-28(18)12-16-11-23-25-20(16)15-4-6-17(22)7-5-15/h4-7,11,18H,2-3,8-10,12-13H2,1H3,(H,23,25). The van der Waals surface area contributed by atoms with Gasteiger partial charge in [-0.2, -0.15) is 5.10 Å². The summed E-state index contributed by atoms with van der Waals surface area (Å²) < 4.78 is 15.5. The van der Waals surface area contributed by atoms with Crippen molar-refractivity contribution >= 4 is 5.91 Å². The number of nitrogens with one attached hydrogen (secondary N) is 1. The molecule has 3 aromatic rings. The second kappa shape index (κ2) is 7.64. The highest BCUT2D eigenvalue weighted by molar-refractivity contribution is 5.73. The first-order valence-electron chi connectivity index (χ1n) is 10.3. The van der Waals surface area contributed by atoms with Crippen molar-refractivity contribution in [3.05, 3.63) is 53.5 Å². The van der Waals surface area contributed by atoms with Crippen molar-refractivity contribution in [1.29, 1.82) is 0 Å². The Hall–Kier alpha value is -3.07. The van der Waals surface area contributed by atoms with Crippen molar-refractivity contribution in [3.8, 4) is 11.3 Å². The normalized spacial score (nSPS) is 19.3. The van der Waals surface area contributed by atoms with Crippen molar-refractivity contribution in [1.82, 2.24) is 34.8 Å². The summed E-state index contributed by atoms with van der Waals surface area (Å²) in [7, 11) is 0. The zero-order chi connectivity index (χ0) is 20.7. The lowest BCUT2D eigenvalue weighted by Gasteiger charge is -2.29. The maximum absolute atomic E-state index is 13.3. The molecule has 1 unspecified atom stereocenters. The molecule has 5 rings (SSSR count). The Morgan fingerprint density at radius 3 is 2.83 bits per heavy atom. The SMILES string of the molecule is CC(=O)N1CCn2c(nnc2C2CCCN2Cc2cn[nH]c2-c2ccc(F)cc2)C1. The van der Waals surface area contributed by atoms with Gasteiger partial charge in [-0.05, 0) is 43.7 Å². The Morgan fingerprint density at radius 1 is 1.20 bits per heavy atom. The van der Waals surface area contributed by atoms with E-state index in [1.807, 2.05) is 6.20 Å². The minimum Gasteiger partial charge on any atom is -0.334 e. The molecule has 1 atom stereocenters. The van der Waals surface area contributed by atoms with Gasteiger partial charge in [-0.3, -0.25) is 14.8 Å². The molecule has 0 bridgehead atoms. The number of carbonyl (C=O) groups excluding carboxylic acids is 1. The van der Waals surface area contributed by atoms with Crippen LogP contribution in [0.2, 0.25) is 0 Å². The average molecular weight is 409 g/mol. The zero-order valence-electron chi connectivity index (χ0n) is 16.9. The van der Waals surface area contributed by atoms with Crippen LogP contribution in [0.15, 0.2) is 30.5 Å². The number of aromatic amines is 1. The number of likely N-dealkylation sites (tertiary alicyclic amines) is 1. The van der Waals surface area contributed by atoms with Crippen LogP contribution in [0, 0.1) is 5.82 Å². The van der Waals surface area contributed by atoms with Crippen LogP contribution in [-0.2, 0) is 24.4 Å². The third-order valence-electron chi connectivity index (χ3n) is 6.11. The summed E-state index contributed by atoms with van der Waals surface area (Å²) in [5.41, 5.74) is 2.92. The Balaban J connectivity index is 1.37. The lowest BCUT2D eigenvalue weighted by molar-refractivity contribution is -0.130. The number of halogens is 1. The molecule has 4 heterocycles. The third kappa shape index (κ3) is 3.39. The van der Waals surface area contributed by atoms with Crippen LogP contribution in [0.5, 0.6) is 0 Å². The van der Waals surface area contributed by atoms with E-state index in [1.165, 1.54) is 12.1 Å². The van der Waals surface area contributed by atoms with Crippen molar-refractivity contribution in [2.75, 3.05) is 13.1 Å². The van der Waals surface area contributed by atoms with Crippen molar-refractivity contribution < 1.29 is 9.18 Å². The number of nitrogens with zero attached hydrogens (tertiary/aromatic N) is 6. The molecule has 30 heavy (non-hydrogen) atoms. The highest BCUT2D eigenvalue weighted by Crippen LogP contribution is 2.34. The van der Waals surface area contributed by atoms with Gasteiger partial charge < -0.3 is 9.47 Å². The first-order chi connectivity index (χ1) is 14.6. The summed E-state index contributed by atoms with van der Waals surface area (Å²) in [6.45, 7) is 5.24. The Kier molecular flexibility index (Phi) is 4.82. The van der Waals surface area contributed by atoms with Crippen LogP contribution in [0.25, 0.3) is 11.3 Å². The van der Waals surface area contributed by atoms with Gasteiger partial charge in [0.2, 0.25) is 5.91 Å². The van der Waals surface area contributed by atoms with Crippen LogP contribution in [0.3, 0.4) is 0 Å². The number of hydrogen-bond acceptors (Lipinski definition) is 5. The summed E-state index contributed by atoms with van der Waals surface area (Å²) >= 11 is 0. The molecule has 1 amide bonds. The predicted molar refractivity (Wildman–Crippen MR) is 107 cm³/mol. The topological polar surface area (TPSA) is 82.9 Å². The van der Waals surface area contributed by atoms with Crippen molar-refractivity contribution in [3.63, 3.8) is 0 Å². The van der Waals surface area contributed by atoms with Gasteiger partial charge in [0.05, 0.1) is 24.5 Å². The molecule has 156 valence electrons. The van der Waals surface area contributed by atoms with E-state index in [0.717, 1.165) is 60.9 Å². The fraction of sp³-hybridized carbons (Fsp3) is 0.429. The monoisotopic (exact) mass is 409 g/mol. The minimum atomic E-state index is -0.251. The van der Waals surface area contributed by atoms with E-state index < -0.39 is 0 Å². The van der Waals surface area contributed by atoms with E-state index in [4.69, 9.17) is 0 Å². The molecule has 2 aromatic heterocycles. The van der Waals surface area contributed by atoms with Crippen LogP contribution >= 0.6 is 0 Å². The first kappa shape index (κ1) is 18.9. The van der Waals surface area contributed by atoms with E-state index in [0.29, 0.717) is 13.1 Å². The number of carbonyl (C=O) groups is 1. The fourth-order valence-electron chi connectivity index (χ4n) is 4.52. The molecule has 0 radical (unpaired) electrons. The number of amides is 1. The fourth-order valence-corrected chi connectivity index (χ4v) is 4.52. The second-order valence-electron chi connectivity index (χ2n) is 7.97. The maximum atomic E-state index is 13.3. The van der Waals surface area contributed by atoms with Crippen LogP contribution < -0.4 is 0 Å². The van der Waals surface area contributed by atoms with Gasteiger partial charge in [0.25, 0.3) is 0 Å². The summed E-state index contributed by atoms with van der Waals surface area (Å²) in [6.07, 6.45) is 3.96. The quantitative estimate of drug-likeness (QED) is 0.716. The number of H-pyrrole nitrogens is 1. The van der Waals surface area contributed by atoms with Gasteiger partial charge in [-0.15, -0.1) is 10.2 Å². The van der Waals surface area contributed by atoms with Gasteiger partial charge >= 0.3 is 0 Å². The van der Waals surface area contributed by atoms with Gasteiger partial charge in [-0.25, -0.2) is 4.39 Å². The average Bonchev–Trinajstić information content (AvgIpc) is 3.48. The number of hydrogen-bond donors (Lipinski definition) is 1. The molecule has 2 aliphatic heterocycles. The number of fused-ring (bicyclic) bond motifs is 1. The number of rotatable bonds is 4. The van der Waals surface area contributed by atoms with E-state index >= 15 is 0 Å². The van der Waals surface area contributed by atoms with Crippen LogP contribution in [0.1, 0.15) is 43.0 Å². The molecule has 1 saturated heterocycles. The van der Waals surface area contributed by atoms with E-state index in [1.54, 1.807) is 24.0 Å². The molecule has 8 nitrogen and oxygen atoms in total. The van der Waals surface area contributed by atoms with Gasteiger partial charge in [0.15, 0.2) is 11.6 Å². The van der Waals surface area contributed by atoms with Gasteiger partial charge in [-0.1, -0.05) is 0 Å². The van der Waals surface area contributed by atoms with E-state index in [-0.39, 0.29) is 17.8 Å². The second-order valence-corrected chi connectivity index (χ2v) is 7.97. The Bertz CT molecular complexity index is 1060. The molecular formula is C21H24FN7O. The molecule has 0 spiro atoms. The third-order valence-corrected chi connectivity index (χ3v) is 6.11. The predicted octanol–water partition coefficient (Wildman–Crippen LogP) is 2.51. The van der Waals surface area contributed by atoms with E-state index in [9.17, 15) is 9.18 Å². The Morgan fingerprint density at radius 2 is 2.03 bits per heavy atom. The molecule has 9 heteroatoms. The Labute approximate surface area is 173 Å². The van der Waals surface area contributed by atoms with E-state index in [2.05, 4.69) is 29.9 Å².